The van der Waals surface area contributed by atoms with Crippen LogP contribution in [0.4, 0.5) is 23.1 Å². The summed E-state index contributed by atoms with van der Waals surface area (Å²) in [4.78, 5) is 17.3. The summed E-state index contributed by atoms with van der Waals surface area (Å²) in [7, 11) is 2.16. The van der Waals surface area contributed by atoms with Crippen molar-refractivity contribution < 1.29 is 0 Å². The number of benzene rings is 2. The van der Waals surface area contributed by atoms with Gasteiger partial charge in [-0.1, -0.05) is 29.3 Å². The fourth-order valence-electron chi connectivity index (χ4n) is 3.95. The molecule has 1 aliphatic heterocycles. The molecule has 0 radical (unpaired) electrons. The summed E-state index contributed by atoms with van der Waals surface area (Å²) >= 11 is 12.6. The van der Waals surface area contributed by atoms with E-state index in [2.05, 4.69) is 61.7 Å². The molecule has 2 aromatic heterocycles. The average molecular weight is 482 g/mol. The Balaban J connectivity index is 1.34. The van der Waals surface area contributed by atoms with Gasteiger partial charge in [-0.25, -0.2) is 4.98 Å². The molecule has 0 bridgehead atoms. The van der Waals surface area contributed by atoms with Gasteiger partial charge in [0.25, 0.3) is 0 Å². The van der Waals surface area contributed by atoms with Crippen molar-refractivity contribution in [1.29, 1.82) is 0 Å². The van der Waals surface area contributed by atoms with Crippen LogP contribution >= 0.6 is 23.2 Å². The van der Waals surface area contributed by atoms with E-state index in [1.807, 2.05) is 30.5 Å². The number of piperazine rings is 1. The van der Waals surface area contributed by atoms with E-state index in [0.717, 1.165) is 48.5 Å². The second-order valence-electron chi connectivity index (χ2n) is 8.15. The Morgan fingerprint density at radius 2 is 1.67 bits per heavy atom. The minimum absolute atomic E-state index is 0.447. The molecule has 0 atom stereocenters. The van der Waals surface area contributed by atoms with Gasteiger partial charge in [0.1, 0.15) is 5.52 Å². The zero-order valence-corrected chi connectivity index (χ0v) is 19.8. The van der Waals surface area contributed by atoms with Gasteiger partial charge in [-0.05, 0) is 49.5 Å². The van der Waals surface area contributed by atoms with Crippen molar-refractivity contribution in [3.63, 3.8) is 0 Å². The molecular formula is C24H25Cl2N7. The molecule has 170 valence electrons. The van der Waals surface area contributed by atoms with Crippen molar-refractivity contribution >= 4 is 57.4 Å². The number of hydrogen-bond donors (Lipinski definition) is 3. The number of nitrogens with one attached hydrogen (secondary N) is 3. The highest BCUT2D eigenvalue weighted by molar-refractivity contribution is 6.36. The fourth-order valence-corrected chi connectivity index (χ4v) is 4.48. The minimum Gasteiger partial charge on any atom is -0.369 e. The van der Waals surface area contributed by atoms with Gasteiger partial charge in [-0.2, -0.15) is 4.98 Å². The van der Waals surface area contributed by atoms with Gasteiger partial charge in [0, 0.05) is 65.9 Å². The highest BCUT2D eigenvalue weighted by atomic mass is 35.5. The summed E-state index contributed by atoms with van der Waals surface area (Å²) < 4.78 is 0. The molecule has 9 heteroatoms. The Morgan fingerprint density at radius 1 is 0.939 bits per heavy atom. The van der Waals surface area contributed by atoms with E-state index in [9.17, 15) is 0 Å². The van der Waals surface area contributed by atoms with Crippen molar-refractivity contribution in [3.05, 3.63) is 70.3 Å². The van der Waals surface area contributed by atoms with E-state index >= 15 is 0 Å². The van der Waals surface area contributed by atoms with Crippen molar-refractivity contribution in [2.24, 2.45) is 0 Å². The predicted molar refractivity (Wildman–Crippen MR) is 137 cm³/mol. The van der Waals surface area contributed by atoms with Crippen molar-refractivity contribution in [2.45, 2.75) is 6.54 Å². The lowest BCUT2D eigenvalue weighted by molar-refractivity contribution is 0.313. The largest absolute Gasteiger partial charge is 0.369 e. The summed E-state index contributed by atoms with van der Waals surface area (Å²) in [6.45, 7) is 4.70. The second-order valence-corrected chi connectivity index (χ2v) is 8.96. The minimum atomic E-state index is 0.447. The van der Waals surface area contributed by atoms with E-state index in [4.69, 9.17) is 28.2 Å². The summed E-state index contributed by atoms with van der Waals surface area (Å²) in [6, 6.07) is 15.8. The third kappa shape index (κ3) is 4.85. The molecule has 4 aromatic rings. The van der Waals surface area contributed by atoms with Gasteiger partial charge < -0.3 is 25.4 Å². The van der Waals surface area contributed by atoms with Crippen LogP contribution in [0.15, 0.2) is 54.7 Å². The highest BCUT2D eigenvalue weighted by Crippen LogP contribution is 2.28. The Hall–Kier alpha value is -3.00. The molecule has 1 saturated heterocycles. The first-order chi connectivity index (χ1) is 16.1. The van der Waals surface area contributed by atoms with Gasteiger partial charge in [0.05, 0.1) is 5.52 Å². The molecule has 3 N–H and O–H groups in total. The van der Waals surface area contributed by atoms with Crippen LogP contribution in [-0.2, 0) is 6.54 Å². The monoisotopic (exact) mass is 481 g/mol. The Morgan fingerprint density at radius 3 is 2.39 bits per heavy atom. The topological polar surface area (TPSA) is 72.1 Å². The standard InChI is InChI=1S/C24H25Cl2N7/c1-32-11-13-33(14-12-32)17-7-5-16(6-8-17)29-24-30-21-9-10-27-22(21)23(31-24)28-15-18-19(25)3-2-4-20(18)26/h2-10,27H,11-15H2,1H3,(H2,28,29,30,31). The lowest BCUT2D eigenvalue weighted by Crippen LogP contribution is -2.44. The van der Waals surface area contributed by atoms with E-state index in [-0.39, 0.29) is 0 Å². The number of aromatic nitrogens is 3. The zero-order chi connectivity index (χ0) is 22.8. The lowest BCUT2D eigenvalue weighted by atomic mass is 10.2. The molecule has 0 unspecified atom stereocenters. The van der Waals surface area contributed by atoms with Gasteiger partial charge in [-0.3, -0.25) is 0 Å². The van der Waals surface area contributed by atoms with Crippen LogP contribution in [0.25, 0.3) is 11.0 Å². The molecule has 3 heterocycles. The summed E-state index contributed by atoms with van der Waals surface area (Å²) in [5, 5.41) is 7.91. The van der Waals surface area contributed by atoms with Gasteiger partial charge in [0.2, 0.25) is 5.95 Å². The molecule has 0 amide bonds. The Labute approximate surface area is 202 Å². The van der Waals surface area contributed by atoms with Crippen LogP contribution < -0.4 is 15.5 Å². The first-order valence-electron chi connectivity index (χ1n) is 10.9. The third-order valence-corrected chi connectivity index (χ3v) is 6.60. The number of likely N-dealkylation sites (N-methyl/N-ethyl adjacent to an activating group) is 1. The maximum Gasteiger partial charge on any atom is 0.229 e. The summed E-state index contributed by atoms with van der Waals surface area (Å²) in [6.07, 6.45) is 1.85. The first kappa shape index (κ1) is 21.8. The van der Waals surface area contributed by atoms with Crippen molar-refractivity contribution in [2.75, 3.05) is 48.8 Å². The number of rotatable bonds is 6. The Kier molecular flexibility index (Phi) is 6.26. The quantitative estimate of drug-likeness (QED) is 0.343. The number of halogens is 2. The number of anilines is 4. The van der Waals surface area contributed by atoms with Crippen LogP contribution in [0, 0.1) is 0 Å². The van der Waals surface area contributed by atoms with E-state index in [1.165, 1.54) is 5.69 Å². The molecule has 1 fully saturated rings. The average Bonchev–Trinajstić information content (AvgIpc) is 3.29. The van der Waals surface area contributed by atoms with Crippen molar-refractivity contribution in [1.82, 2.24) is 19.9 Å². The predicted octanol–water partition coefficient (Wildman–Crippen LogP) is 5.37. The van der Waals surface area contributed by atoms with E-state index < -0.39 is 0 Å². The van der Waals surface area contributed by atoms with Crippen LogP contribution in [0.2, 0.25) is 10.0 Å². The molecular weight excluding hydrogens is 457 g/mol. The lowest BCUT2D eigenvalue weighted by Gasteiger charge is -2.34. The zero-order valence-electron chi connectivity index (χ0n) is 18.3. The third-order valence-electron chi connectivity index (χ3n) is 5.89. The van der Waals surface area contributed by atoms with Crippen LogP contribution in [-0.4, -0.2) is 53.1 Å². The van der Waals surface area contributed by atoms with E-state index in [1.54, 1.807) is 0 Å². The van der Waals surface area contributed by atoms with Gasteiger partial charge in [0.15, 0.2) is 5.82 Å². The normalized spacial score (nSPS) is 14.6. The number of fused-ring (bicyclic) bond motifs is 1. The number of hydrogen-bond acceptors (Lipinski definition) is 6. The maximum absolute atomic E-state index is 6.32. The molecule has 2 aromatic carbocycles. The SMILES string of the molecule is CN1CCN(c2ccc(Nc3nc(NCc4c(Cl)cccc4Cl)c4[nH]ccc4n3)cc2)CC1. The van der Waals surface area contributed by atoms with Crippen LogP contribution in [0.5, 0.6) is 0 Å². The molecule has 0 spiro atoms. The number of nitrogens with zero attached hydrogens (tertiary/aromatic N) is 4. The molecule has 0 aliphatic carbocycles. The molecule has 33 heavy (non-hydrogen) atoms. The molecule has 5 rings (SSSR count). The molecule has 0 saturated carbocycles. The summed E-state index contributed by atoms with van der Waals surface area (Å²) in [5.74, 6) is 1.19. The van der Waals surface area contributed by atoms with E-state index in [0.29, 0.717) is 28.4 Å². The van der Waals surface area contributed by atoms with Crippen LogP contribution in [0.1, 0.15) is 5.56 Å². The highest BCUT2D eigenvalue weighted by Gasteiger charge is 2.15. The molecule has 7 nitrogen and oxygen atoms in total. The maximum atomic E-state index is 6.32. The Bertz CT molecular complexity index is 1230. The van der Waals surface area contributed by atoms with Gasteiger partial charge in [-0.15, -0.1) is 0 Å². The van der Waals surface area contributed by atoms with Crippen molar-refractivity contribution in [3.8, 4) is 0 Å². The smallest absolute Gasteiger partial charge is 0.229 e. The number of aromatic amines is 1. The molecule has 1 aliphatic rings. The fraction of sp³-hybridized carbons (Fsp3) is 0.250. The second kappa shape index (κ2) is 9.47. The van der Waals surface area contributed by atoms with Crippen LogP contribution in [0.3, 0.4) is 0 Å². The number of H-pyrrole nitrogens is 1. The van der Waals surface area contributed by atoms with Gasteiger partial charge >= 0.3 is 0 Å². The first-order valence-corrected chi connectivity index (χ1v) is 11.6. The summed E-state index contributed by atoms with van der Waals surface area (Å²) in [5.41, 5.74) is 4.63.